The van der Waals surface area contributed by atoms with Gasteiger partial charge in [-0.3, -0.25) is 4.99 Å². The molecule has 0 radical (unpaired) electrons. The molecule has 110 valence electrons. The van der Waals surface area contributed by atoms with Crippen LogP contribution in [-0.4, -0.2) is 12.9 Å². The van der Waals surface area contributed by atoms with Crippen molar-refractivity contribution in [3.05, 3.63) is 59.7 Å². The van der Waals surface area contributed by atoms with Crippen LogP contribution in [-0.2, 0) is 13.2 Å². The van der Waals surface area contributed by atoms with E-state index in [9.17, 15) is 0 Å². The number of methoxy groups -OCH3 is 1. The zero-order chi connectivity index (χ0) is 15.1. The second-order valence-corrected chi connectivity index (χ2v) is 4.72. The highest BCUT2D eigenvalue weighted by Gasteiger charge is 2.06. The monoisotopic (exact) mass is 284 g/mol. The lowest BCUT2D eigenvalue weighted by molar-refractivity contribution is 0.284. The van der Waals surface area contributed by atoms with E-state index in [1.54, 1.807) is 14.0 Å². The fourth-order valence-electron chi connectivity index (χ4n) is 1.88. The summed E-state index contributed by atoms with van der Waals surface area (Å²) in [6, 6.07) is 15.8. The summed E-state index contributed by atoms with van der Waals surface area (Å²) in [5.41, 5.74) is 7.70. The van der Waals surface area contributed by atoms with Gasteiger partial charge in [-0.15, -0.1) is 0 Å². The van der Waals surface area contributed by atoms with Crippen molar-refractivity contribution in [2.75, 3.05) is 7.11 Å². The lowest BCUT2D eigenvalue weighted by Gasteiger charge is -2.12. The van der Waals surface area contributed by atoms with Gasteiger partial charge in [0, 0.05) is 0 Å². The first-order valence-corrected chi connectivity index (χ1v) is 6.79. The fourth-order valence-corrected chi connectivity index (χ4v) is 1.88. The van der Waals surface area contributed by atoms with Crippen molar-refractivity contribution in [2.45, 2.75) is 20.1 Å². The molecular formula is C17H20N2O2. The van der Waals surface area contributed by atoms with E-state index in [-0.39, 0.29) is 0 Å². The molecule has 0 atom stereocenters. The Morgan fingerprint density at radius 3 is 2.48 bits per heavy atom. The summed E-state index contributed by atoms with van der Waals surface area (Å²) in [6.07, 6.45) is 0. The summed E-state index contributed by atoms with van der Waals surface area (Å²) in [5.74, 6) is 1.99. The minimum Gasteiger partial charge on any atom is -0.493 e. The maximum Gasteiger partial charge on any atom is 0.161 e. The Balaban J connectivity index is 2.07. The molecule has 4 heteroatoms. The number of nitrogens with zero attached hydrogens (tertiary/aromatic N) is 1. The molecule has 0 aliphatic rings. The van der Waals surface area contributed by atoms with Gasteiger partial charge in [-0.1, -0.05) is 36.4 Å². The van der Waals surface area contributed by atoms with Crippen LogP contribution in [0.3, 0.4) is 0 Å². The number of hydrogen-bond acceptors (Lipinski definition) is 3. The first-order valence-electron chi connectivity index (χ1n) is 6.79. The average Bonchev–Trinajstić information content (AvgIpc) is 2.52. The predicted octanol–water partition coefficient (Wildman–Crippen LogP) is 3.15. The van der Waals surface area contributed by atoms with Crippen molar-refractivity contribution in [3.63, 3.8) is 0 Å². The van der Waals surface area contributed by atoms with Crippen molar-refractivity contribution in [3.8, 4) is 11.5 Å². The molecule has 0 amide bonds. The number of amidine groups is 1. The fraction of sp³-hybridized carbons (Fsp3) is 0.235. The molecule has 0 heterocycles. The van der Waals surface area contributed by atoms with E-state index in [2.05, 4.69) is 4.99 Å². The van der Waals surface area contributed by atoms with Crippen molar-refractivity contribution >= 4 is 5.84 Å². The number of benzene rings is 2. The highest BCUT2D eigenvalue weighted by Crippen LogP contribution is 2.29. The maximum absolute atomic E-state index is 5.81. The van der Waals surface area contributed by atoms with Crippen molar-refractivity contribution in [1.29, 1.82) is 0 Å². The van der Waals surface area contributed by atoms with Crippen LogP contribution in [0.5, 0.6) is 11.5 Å². The van der Waals surface area contributed by atoms with Gasteiger partial charge >= 0.3 is 0 Å². The van der Waals surface area contributed by atoms with Gasteiger partial charge in [0.25, 0.3) is 0 Å². The number of nitrogens with two attached hydrogens (primary N) is 1. The zero-order valence-corrected chi connectivity index (χ0v) is 12.4. The zero-order valence-electron chi connectivity index (χ0n) is 12.4. The first kappa shape index (κ1) is 14.9. The van der Waals surface area contributed by atoms with Crippen LogP contribution in [0.2, 0.25) is 0 Å². The third kappa shape index (κ3) is 4.53. The second-order valence-electron chi connectivity index (χ2n) is 4.72. The summed E-state index contributed by atoms with van der Waals surface area (Å²) in [4.78, 5) is 4.19. The maximum atomic E-state index is 5.81. The smallest absolute Gasteiger partial charge is 0.161 e. The van der Waals surface area contributed by atoms with E-state index < -0.39 is 0 Å². The van der Waals surface area contributed by atoms with Gasteiger partial charge in [0.15, 0.2) is 11.5 Å². The minimum absolute atomic E-state index is 0.511. The normalized spacial score (nSPS) is 11.2. The van der Waals surface area contributed by atoms with E-state index in [0.717, 1.165) is 16.9 Å². The van der Waals surface area contributed by atoms with Gasteiger partial charge in [-0.05, 0) is 30.2 Å². The number of rotatable bonds is 6. The quantitative estimate of drug-likeness (QED) is 0.655. The molecular weight excluding hydrogens is 264 g/mol. The van der Waals surface area contributed by atoms with Crippen LogP contribution >= 0.6 is 0 Å². The largest absolute Gasteiger partial charge is 0.493 e. The molecule has 0 aromatic heterocycles. The molecule has 0 bridgehead atoms. The molecule has 4 nitrogen and oxygen atoms in total. The molecule has 0 unspecified atom stereocenters. The van der Waals surface area contributed by atoms with Crippen LogP contribution in [0.25, 0.3) is 0 Å². The number of hydrogen-bond donors (Lipinski definition) is 1. The topological polar surface area (TPSA) is 56.8 Å². The molecule has 2 N–H and O–H groups in total. The Hall–Kier alpha value is -2.49. The van der Waals surface area contributed by atoms with Gasteiger partial charge in [-0.2, -0.15) is 0 Å². The van der Waals surface area contributed by atoms with Crippen LogP contribution < -0.4 is 15.2 Å². The van der Waals surface area contributed by atoms with Crippen LogP contribution in [0.15, 0.2) is 53.5 Å². The third-order valence-corrected chi connectivity index (χ3v) is 2.98. The summed E-state index contributed by atoms with van der Waals surface area (Å²) in [7, 11) is 1.63. The van der Waals surface area contributed by atoms with Gasteiger partial charge in [-0.25, -0.2) is 0 Å². The Morgan fingerprint density at radius 1 is 1.05 bits per heavy atom. The molecule has 0 saturated heterocycles. The SMILES string of the molecule is COc1cc(CN=C(C)N)ccc1OCc1ccccc1. The number of ether oxygens (including phenoxy) is 2. The first-order chi connectivity index (χ1) is 10.2. The van der Waals surface area contributed by atoms with Gasteiger partial charge in [0.2, 0.25) is 0 Å². The molecule has 0 saturated carbocycles. The Labute approximate surface area is 125 Å². The third-order valence-electron chi connectivity index (χ3n) is 2.98. The summed E-state index contributed by atoms with van der Waals surface area (Å²) in [6.45, 7) is 2.82. The van der Waals surface area contributed by atoms with E-state index in [0.29, 0.717) is 24.7 Å². The van der Waals surface area contributed by atoms with E-state index in [1.165, 1.54) is 0 Å². The lowest BCUT2D eigenvalue weighted by atomic mass is 10.2. The molecule has 0 spiro atoms. The minimum atomic E-state index is 0.511. The highest BCUT2D eigenvalue weighted by molar-refractivity contribution is 5.77. The van der Waals surface area contributed by atoms with Crippen LogP contribution in [0, 0.1) is 0 Å². The average molecular weight is 284 g/mol. The van der Waals surface area contributed by atoms with Gasteiger partial charge in [0.1, 0.15) is 6.61 Å². The number of aliphatic imine (C=N–C) groups is 1. The van der Waals surface area contributed by atoms with Crippen molar-refractivity contribution < 1.29 is 9.47 Å². The second kappa shape index (κ2) is 7.33. The molecule has 2 rings (SSSR count). The van der Waals surface area contributed by atoms with Crippen molar-refractivity contribution in [2.24, 2.45) is 10.7 Å². The van der Waals surface area contributed by atoms with E-state index in [4.69, 9.17) is 15.2 Å². The predicted molar refractivity (Wildman–Crippen MR) is 84.8 cm³/mol. The van der Waals surface area contributed by atoms with E-state index >= 15 is 0 Å². The standard InChI is InChI=1S/C17H20N2O2/c1-13(18)19-11-15-8-9-16(17(10-15)20-2)21-12-14-6-4-3-5-7-14/h3-10H,11-12H2,1-2H3,(H2,18,19). The molecule has 2 aromatic rings. The summed E-state index contributed by atoms with van der Waals surface area (Å²) >= 11 is 0. The Kier molecular flexibility index (Phi) is 5.21. The van der Waals surface area contributed by atoms with Crippen LogP contribution in [0.4, 0.5) is 0 Å². The summed E-state index contributed by atoms with van der Waals surface area (Å²) < 4.78 is 11.2. The lowest BCUT2D eigenvalue weighted by Crippen LogP contribution is -2.05. The Bertz CT molecular complexity index is 605. The van der Waals surface area contributed by atoms with Gasteiger partial charge in [0.05, 0.1) is 19.5 Å². The highest BCUT2D eigenvalue weighted by atomic mass is 16.5. The molecule has 21 heavy (non-hydrogen) atoms. The molecule has 0 fully saturated rings. The molecule has 2 aromatic carbocycles. The summed E-state index contributed by atoms with van der Waals surface area (Å²) in [5, 5.41) is 0. The molecule has 0 aliphatic heterocycles. The van der Waals surface area contributed by atoms with Crippen molar-refractivity contribution in [1.82, 2.24) is 0 Å². The Morgan fingerprint density at radius 2 is 1.81 bits per heavy atom. The van der Waals surface area contributed by atoms with Gasteiger partial charge < -0.3 is 15.2 Å². The van der Waals surface area contributed by atoms with Crippen LogP contribution in [0.1, 0.15) is 18.1 Å². The van der Waals surface area contributed by atoms with E-state index in [1.807, 2.05) is 48.5 Å². The molecule has 0 aliphatic carbocycles.